The van der Waals surface area contributed by atoms with Gasteiger partial charge in [-0.2, -0.15) is 16.8 Å². The van der Waals surface area contributed by atoms with Gasteiger partial charge in [-0.1, -0.05) is 129 Å². The number of carboxylic acid groups (broad SMARTS) is 2. The third-order valence-electron chi connectivity index (χ3n) is 6.75. The van der Waals surface area contributed by atoms with Gasteiger partial charge in [-0.05, 0) is 19.3 Å². The van der Waals surface area contributed by atoms with E-state index in [9.17, 15) is 26.4 Å². The summed E-state index contributed by atoms with van der Waals surface area (Å²) in [5.41, 5.74) is 0. The van der Waals surface area contributed by atoms with Crippen molar-refractivity contribution in [1.82, 2.24) is 0 Å². The number of hydrogen-bond acceptors (Lipinski definition) is 6. The van der Waals surface area contributed by atoms with Crippen LogP contribution in [0.4, 0.5) is 0 Å². The highest BCUT2D eigenvalue weighted by atomic mass is 32.2. The molecule has 1 atom stereocenters. The summed E-state index contributed by atoms with van der Waals surface area (Å²) in [6.45, 7) is 2.25. The minimum absolute atomic E-state index is 0.0814. The Balaban J connectivity index is 0. The van der Waals surface area contributed by atoms with E-state index in [1.54, 1.807) is 0 Å². The third-order valence-corrected chi connectivity index (χ3v) is 8.71. The second kappa shape index (κ2) is 26.6. The highest BCUT2D eigenvalue weighted by Gasteiger charge is 2.29. The van der Waals surface area contributed by atoms with Gasteiger partial charge in [0, 0.05) is 6.42 Å². The molecular formula is C28H56O10S2. The largest absolute Gasteiger partial charge is 0.481 e. The second-order valence-electron chi connectivity index (χ2n) is 10.6. The van der Waals surface area contributed by atoms with Crippen molar-refractivity contribution in [1.29, 1.82) is 0 Å². The van der Waals surface area contributed by atoms with Gasteiger partial charge in [0.1, 0.15) is 0 Å². The Hall–Kier alpha value is -1.24. The predicted octanol–water partition coefficient (Wildman–Crippen LogP) is 7.28. The number of hydrogen-bond donors (Lipinski definition) is 4. The Morgan fingerprint density at radius 1 is 0.550 bits per heavy atom. The Morgan fingerprint density at radius 3 is 1.23 bits per heavy atom. The van der Waals surface area contributed by atoms with Crippen LogP contribution in [0.15, 0.2) is 0 Å². The first kappa shape index (κ1) is 40.9. The average molecular weight is 617 g/mol. The Morgan fingerprint density at radius 2 is 0.900 bits per heavy atom. The topological polar surface area (TPSA) is 183 Å². The molecule has 40 heavy (non-hydrogen) atoms. The fourth-order valence-corrected chi connectivity index (χ4v) is 5.66. The highest BCUT2D eigenvalue weighted by molar-refractivity contribution is 7.87. The minimum Gasteiger partial charge on any atom is -0.481 e. The zero-order chi connectivity index (χ0) is 30.7. The Bertz CT molecular complexity index is 826. The molecule has 0 saturated carbocycles. The fraction of sp³-hybridized carbons (Fsp3) is 0.929. The molecule has 0 heterocycles. The van der Waals surface area contributed by atoms with Crippen molar-refractivity contribution in [3.8, 4) is 0 Å². The summed E-state index contributed by atoms with van der Waals surface area (Å²) in [5, 5.41) is 15.4. The summed E-state index contributed by atoms with van der Waals surface area (Å²) >= 11 is 0. The number of unbranched alkanes of at least 4 members (excludes halogenated alkanes) is 19. The summed E-state index contributed by atoms with van der Waals surface area (Å²) in [6.07, 6.45) is 22.5. The molecule has 0 rings (SSSR count). The van der Waals surface area contributed by atoms with Crippen LogP contribution in [0, 0.1) is 0 Å². The van der Waals surface area contributed by atoms with Crippen LogP contribution in [-0.2, 0) is 29.8 Å². The van der Waals surface area contributed by atoms with Gasteiger partial charge in [0.15, 0.2) is 5.25 Å². The van der Waals surface area contributed by atoms with Crippen LogP contribution in [0.25, 0.3) is 0 Å². The SMILES string of the molecule is CCCCCCCCCCCCCC(=O)O.O=C(O)C(CCCCCCCCCCCCS(=O)(=O)O)S(=O)(=O)O. The molecule has 0 radical (unpaired) electrons. The lowest BCUT2D eigenvalue weighted by atomic mass is 10.1. The van der Waals surface area contributed by atoms with Crippen molar-refractivity contribution in [3.63, 3.8) is 0 Å². The third kappa shape index (κ3) is 33.0. The van der Waals surface area contributed by atoms with E-state index in [4.69, 9.17) is 19.3 Å². The van der Waals surface area contributed by atoms with Crippen molar-refractivity contribution >= 4 is 32.2 Å². The maximum atomic E-state index is 10.9. The van der Waals surface area contributed by atoms with Crippen LogP contribution in [0.2, 0.25) is 0 Å². The van der Waals surface area contributed by atoms with E-state index in [2.05, 4.69) is 6.92 Å². The summed E-state index contributed by atoms with van der Waals surface area (Å²) in [5.74, 6) is -2.36. The van der Waals surface area contributed by atoms with Crippen molar-refractivity contribution in [3.05, 3.63) is 0 Å². The minimum atomic E-state index is -4.54. The molecule has 0 aromatic carbocycles. The van der Waals surface area contributed by atoms with Gasteiger partial charge in [-0.15, -0.1) is 0 Å². The van der Waals surface area contributed by atoms with Crippen molar-refractivity contribution in [2.75, 3.05) is 5.75 Å². The van der Waals surface area contributed by atoms with E-state index in [0.29, 0.717) is 25.7 Å². The molecule has 0 amide bonds. The van der Waals surface area contributed by atoms with Gasteiger partial charge in [-0.25, -0.2) is 0 Å². The summed E-state index contributed by atoms with van der Waals surface area (Å²) in [4.78, 5) is 21.0. The van der Waals surface area contributed by atoms with Crippen LogP contribution < -0.4 is 0 Å². The van der Waals surface area contributed by atoms with Crippen LogP contribution in [0.3, 0.4) is 0 Å². The highest BCUT2D eigenvalue weighted by Crippen LogP contribution is 2.15. The Labute approximate surface area is 243 Å². The van der Waals surface area contributed by atoms with E-state index in [1.807, 2.05) is 0 Å². The van der Waals surface area contributed by atoms with E-state index < -0.39 is 37.4 Å². The van der Waals surface area contributed by atoms with Gasteiger partial charge < -0.3 is 10.2 Å². The molecule has 0 aromatic rings. The monoisotopic (exact) mass is 616 g/mol. The van der Waals surface area contributed by atoms with E-state index in [1.165, 1.54) is 57.8 Å². The zero-order valence-corrected chi connectivity index (χ0v) is 26.2. The molecule has 0 fully saturated rings. The first-order chi connectivity index (χ1) is 18.8. The van der Waals surface area contributed by atoms with Gasteiger partial charge in [0.25, 0.3) is 20.2 Å². The molecule has 1 unspecified atom stereocenters. The van der Waals surface area contributed by atoms with Crippen LogP contribution >= 0.6 is 0 Å². The van der Waals surface area contributed by atoms with E-state index >= 15 is 0 Å². The normalized spacial score (nSPS) is 12.5. The average Bonchev–Trinajstić information content (AvgIpc) is 2.84. The van der Waals surface area contributed by atoms with Gasteiger partial charge in [0.2, 0.25) is 0 Å². The number of rotatable bonds is 27. The summed E-state index contributed by atoms with van der Waals surface area (Å²) < 4.78 is 60.1. The van der Waals surface area contributed by atoms with Gasteiger partial charge >= 0.3 is 11.9 Å². The maximum absolute atomic E-state index is 10.9. The smallest absolute Gasteiger partial charge is 0.324 e. The summed E-state index contributed by atoms with van der Waals surface area (Å²) in [6, 6.07) is 0. The van der Waals surface area contributed by atoms with E-state index in [0.717, 1.165) is 57.8 Å². The zero-order valence-electron chi connectivity index (χ0n) is 24.6. The molecule has 0 saturated heterocycles. The molecule has 10 nitrogen and oxygen atoms in total. The maximum Gasteiger partial charge on any atom is 0.324 e. The molecule has 0 aliphatic carbocycles. The molecule has 240 valence electrons. The molecule has 0 aromatic heterocycles. The van der Waals surface area contributed by atoms with Crippen molar-refractivity contribution < 1.29 is 45.7 Å². The van der Waals surface area contributed by atoms with Crippen molar-refractivity contribution in [2.24, 2.45) is 0 Å². The standard InChI is InChI=1S/C14H28O8S2.C14H28O2/c15-14(16)13(24(20,21)22)11-9-7-5-3-1-2-4-6-8-10-12-23(17,18)19;1-2-3-4-5-6-7-8-9-10-11-12-13-14(15)16/h13H,1-12H2,(H,15,16)(H,17,18,19)(H,20,21,22);2-13H2,1H3,(H,15,16). The number of carbonyl (C=O) groups is 2. The molecule has 12 heteroatoms. The van der Waals surface area contributed by atoms with Crippen LogP contribution in [0.5, 0.6) is 0 Å². The molecule has 0 bridgehead atoms. The van der Waals surface area contributed by atoms with Crippen LogP contribution in [0.1, 0.15) is 155 Å². The fourth-order valence-electron chi connectivity index (χ4n) is 4.37. The Kier molecular flexibility index (Phi) is 27.2. The quantitative estimate of drug-likeness (QED) is 0.0540. The van der Waals surface area contributed by atoms with E-state index in [-0.39, 0.29) is 12.2 Å². The molecule has 4 N–H and O–H groups in total. The van der Waals surface area contributed by atoms with Crippen molar-refractivity contribution in [2.45, 2.75) is 160 Å². The second-order valence-corrected chi connectivity index (χ2v) is 13.8. The first-order valence-corrected chi connectivity index (χ1v) is 18.3. The lowest BCUT2D eigenvalue weighted by Crippen LogP contribution is -2.29. The lowest BCUT2D eigenvalue weighted by Gasteiger charge is -2.08. The van der Waals surface area contributed by atoms with Gasteiger partial charge in [0.05, 0.1) is 5.75 Å². The molecule has 0 spiro atoms. The van der Waals surface area contributed by atoms with Gasteiger partial charge in [-0.3, -0.25) is 18.7 Å². The molecule has 0 aliphatic heterocycles. The summed E-state index contributed by atoms with van der Waals surface area (Å²) in [7, 11) is -8.38. The lowest BCUT2D eigenvalue weighted by molar-refractivity contribution is -0.138. The van der Waals surface area contributed by atoms with Crippen LogP contribution in [-0.4, -0.2) is 59.1 Å². The predicted molar refractivity (Wildman–Crippen MR) is 159 cm³/mol. The number of carboxylic acids is 2. The number of aliphatic carboxylic acids is 2. The molecular weight excluding hydrogens is 560 g/mol. The first-order valence-electron chi connectivity index (χ1n) is 15.2. The molecule has 0 aliphatic rings.